The van der Waals surface area contributed by atoms with E-state index in [1.54, 1.807) is 4.57 Å². The molecule has 2 aromatic rings. The highest BCUT2D eigenvalue weighted by atomic mass is 35.5. The zero-order valence-electron chi connectivity index (χ0n) is 14.2. The Morgan fingerprint density at radius 2 is 2.23 bits per heavy atom. The van der Waals surface area contributed by atoms with Crippen molar-refractivity contribution < 1.29 is 9.53 Å². The normalized spacial score (nSPS) is 16.7. The second-order valence-electron chi connectivity index (χ2n) is 6.07. The molecule has 0 saturated carbocycles. The molecule has 1 amide bonds. The number of benzene rings is 1. The number of nitrogens with one attached hydrogen (secondary N) is 2. The fraction of sp³-hybridized carbons (Fsp3) is 0.471. The number of aromatic nitrogens is 3. The lowest BCUT2D eigenvalue weighted by Crippen LogP contribution is -2.28. The fourth-order valence-corrected chi connectivity index (χ4v) is 3.66. The first-order chi connectivity index (χ1) is 12.6. The highest BCUT2D eigenvalue weighted by Gasteiger charge is 2.20. The van der Waals surface area contributed by atoms with Gasteiger partial charge in [-0.3, -0.25) is 9.36 Å². The largest absolute Gasteiger partial charge is 0.376 e. The number of carbonyl (C=O) groups is 1. The Morgan fingerprint density at radius 3 is 2.96 bits per heavy atom. The Labute approximate surface area is 160 Å². The lowest BCUT2D eigenvalue weighted by molar-refractivity contribution is -0.118. The summed E-state index contributed by atoms with van der Waals surface area (Å²) in [6.45, 7) is 1.75. The third kappa shape index (κ3) is 5.36. The molecule has 1 aliphatic heterocycles. The van der Waals surface area contributed by atoms with Crippen LogP contribution in [0, 0.1) is 0 Å². The number of carbonyl (C=O) groups excluding carboxylic acids is 1. The van der Waals surface area contributed by atoms with Crippen molar-refractivity contribution in [3.63, 3.8) is 0 Å². The van der Waals surface area contributed by atoms with E-state index in [4.69, 9.17) is 16.3 Å². The summed E-state index contributed by atoms with van der Waals surface area (Å²) in [5.41, 5.74) is 0.839. The molecule has 26 heavy (non-hydrogen) atoms. The van der Waals surface area contributed by atoms with Gasteiger partial charge < -0.3 is 10.1 Å². The SMILES string of the molecule is O=C(CSc1n[nH]c(=O)n1C[C@@H]1CCCO1)NCCc1ccc(Cl)cc1. The molecule has 1 aromatic heterocycles. The predicted molar refractivity (Wildman–Crippen MR) is 101 cm³/mol. The Kier molecular flexibility index (Phi) is 6.76. The Hall–Kier alpha value is -1.77. The summed E-state index contributed by atoms with van der Waals surface area (Å²) in [5, 5.41) is 10.5. The summed E-state index contributed by atoms with van der Waals surface area (Å²) in [7, 11) is 0. The van der Waals surface area contributed by atoms with E-state index in [1.165, 1.54) is 11.8 Å². The van der Waals surface area contributed by atoms with Gasteiger partial charge in [-0.2, -0.15) is 0 Å². The molecular weight excluding hydrogens is 376 g/mol. The quantitative estimate of drug-likeness (QED) is 0.665. The number of thioether (sulfide) groups is 1. The molecular formula is C17H21ClN4O3S. The van der Waals surface area contributed by atoms with Crippen LogP contribution in [0.2, 0.25) is 5.02 Å². The second kappa shape index (κ2) is 9.25. The number of amides is 1. The Morgan fingerprint density at radius 1 is 1.42 bits per heavy atom. The van der Waals surface area contributed by atoms with E-state index in [9.17, 15) is 9.59 Å². The van der Waals surface area contributed by atoms with Gasteiger partial charge in [0.1, 0.15) is 0 Å². The Balaban J connectivity index is 1.44. The van der Waals surface area contributed by atoms with E-state index in [0.29, 0.717) is 23.3 Å². The molecule has 2 heterocycles. The first-order valence-corrected chi connectivity index (χ1v) is 9.89. The van der Waals surface area contributed by atoms with Crippen LogP contribution in [0.15, 0.2) is 34.2 Å². The van der Waals surface area contributed by atoms with Crippen LogP contribution in [-0.2, 0) is 22.5 Å². The number of ether oxygens (including phenoxy) is 1. The minimum atomic E-state index is -0.272. The van der Waals surface area contributed by atoms with Crippen LogP contribution in [0.4, 0.5) is 0 Å². The topological polar surface area (TPSA) is 89.0 Å². The number of rotatable bonds is 8. The molecule has 2 N–H and O–H groups in total. The molecule has 0 radical (unpaired) electrons. The molecule has 1 fully saturated rings. The molecule has 0 unspecified atom stereocenters. The van der Waals surface area contributed by atoms with Crippen molar-refractivity contribution in [1.82, 2.24) is 20.1 Å². The van der Waals surface area contributed by atoms with Gasteiger partial charge in [0.2, 0.25) is 5.91 Å². The lowest BCUT2D eigenvalue weighted by atomic mass is 10.1. The number of aromatic amines is 1. The smallest absolute Gasteiger partial charge is 0.344 e. The van der Waals surface area contributed by atoms with E-state index >= 15 is 0 Å². The average Bonchev–Trinajstić information content (AvgIpc) is 3.26. The van der Waals surface area contributed by atoms with Gasteiger partial charge in [-0.25, -0.2) is 9.89 Å². The van der Waals surface area contributed by atoms with Gasteiger partial charge in [0.05, 0.1) is 18.4 Å². The van der Waals surface area contributed by atoms with Crippen molar-refractivity contribution in [3.8, 4) is 0 Å². The summed E-state index contributed by atoms with van der Waals surface area (Å²) in [5.74, 6) is 0.110. The van der Waals surface area contributed by atoms with Crippen molar-refractivity contribution in [3.05, 3.63) is 45.3 Å². The van der Waals surface area contributed by atoms with Crippen LogP contribution in [0.1, 0.15) is 18.4 Å². The molecule has 1 saturated heterocycles. The van der Waals surface area contributed by atoms with Crippen LogP contribution in [0.25, 0.3) is 0 Å². The van der Waals surface area contributed by atoms with Crippen molar-refractivity contribution >= 4 is 29.3 Å². The molecule has 0 spiro atoms. The van der Waals surface area contributed by atoms with Gasteiger partial charge in [-0.15, -0.1) is 5.10 Å². The molecule has 9 heteroatoms. The van der Waals surface area contributed by atoms with Gasteiger partial charge in [-0.1, -0.05) is 35.5 Å². The molecule has 1 aliphatic rings. The third-order valence-corrected chi connectivity index (χ3v) is 5.34. The summed E-state index contributed by atoms with van der Waals surface area (Å²) in [6, 6.07) is 7.55. The van der Waals surface area contributed by atoms with Crippen molar-refractivity contribution in [1.29, 1.82) is 0 Å². The van der Waals surface area contributed by atoms with Gasteiger partial charge in [0, 0.05) is 18.2 Å². The first kappa shape index (κ1) is 19.0. The standard InChI is InChI=1S/C17H21ClN4O3S/c18-13-5-3-12(4-6-13)7-8-19-15(23)11-26-17-21-20-16(24)22(17)10-14-2-1-9-25-14/h3-6,14H,1-2,7-11H2,(H,19,23)(H,20,24)/t14-/m0/s1. The van der Waals surface area contributed by atoms with Crippen LogP contribution in [-0.4, -0.2) is 45.7 Å². The van der Waals surface area contributed by atoms with Gasteiger partial charge in [-0.05, 0) is 37.0 Å². The van der Waals surface area contributed by atoms with Crippen LogP contribution in [0.5, 0.6) is 0 Å². The van der Waals surface area contributed by atoms with Crippen molar-refractivity contribution in [2.45, 2.75) is 37.1 Å². The number of hydrogen-bond donors (Lipinski definition) is 2. The highest BCUT2D eigenvalue weighted by Crippen LogP contribution is 2.17. The van der Waals surface area contributed by atoms with Crippen molar-refractivity contribution in [2.75, 3.05) is 18.9 Å². The number of nitrogens with zero attached hydrogens (tertiary/aromatic N) is 2. The maximum absolute atomic E-state index is 12.0. The fourth-order valence-electron chi connectivity index (χ4n) is 2.74. The molecule has 1 aromatic carbocycles. The molecule has 0 aliphatic carbocycles. The monoisotopic (exact) mass is 396 g/mol. The van der Waals surface area contributed by atoms with E-state index in [0.717, 1.165) is 31.4 Å². The first-order valence-electron chi connectivity index (χ1n) is 8.52. The second-order valence-corrected chi connectivity index (χ2v) is 7.45. The predicted octanol–water partition coefficient (Wildman–Crippen LogP) is 1.85. The summed E-state index contributed by atoms with van der Waals surface area (Å²) >= 11 is 7.09. The summed E-state index contributed by atoms with van der Waals surface area (Å²) in [6.07, 6.45) is 2.72. The molecule has 1 atom stereocenters. The van der Waals surface area contributed by atoms with E-state index in [1.807, 2.05) is 24.3 Å². The Bertz CT molecular complexity index is 784. The van der Waals surface area contributed by atoms with E-state index in [2.05, 4.69) is 15.5 Å². The van der Waals surface area contributed by atoms with Crippen LogP contribution >= 0.6 is 23.4 Å². The minimum Gasteiger partial charge on any atom is -0.376 e. The molecule has 7 nitrogen and oxygen atoms in total. The zero-order chi connectivity index (χ0) is 18.4. The van der Waals surface area contributed by atoms with E-state index in [-0.39, 0.29) is 23.5 Å². The number of H-pyrrole nitrogens is 1. The van der Waals surface area contributed by atoms with Crippen LogP contribution < -0.4 is 11.0 Å². The maximum atomic E-state index is 12.0. The summed E-state index contributed by atoms with van der Waals surface area (Å²) < 4.78 is 7.11. The number of halogens is 1. The molecule has 0 bridgehead atoms. The van der Waals surface area contributed by atoms with Gasteiger partial charge in [0.25, 0.3) is 0 Å². The third-order valence-electron chi connectivity index (χ3n) is 4.11. The highest BCUT2D eigenvalue weighted by molar-refractivity contribution is 7.99. The number of hydrogen-bond acceptors (Lipinski definition) is 5. The van der Waals surface area contributed by atoms with Gasteiger partial charge >= 0.3 is 5.69 Å². The zero-order valence-corrected chi connectivity index (χ0v) is 15.8. The van der Waals surface area contributed by atoms with Gasteiger partial charge in [0.15, 0.2) is 5.16 Å². The maximum Gasteiger partial charge on any atom is 0.344 e. The lowest BCUT2D eigenvalue weighted by Gasteiger charge is -2.11. The molecule has 3 rings (SSSR count). The van der Waals surface area contributed by atoms with E-state index < -0.39 is 0 Å². The van der Waals surface area contributed by atoms with Crippen LogP contribution in [0.3, 0.4) is 0 Å². The minimum absolute atomic E-state index is 0.0397. The summed E-state index contributed by atoms with van der Waals surface area (Å²) in [4.78, 5) is 23.9. The van der Waals surface area contributed by atoms with Crippen molar-refractivity contribution in [2.24, 2.45) is 0 Å². The average molecular weight is 397 g/mol. The molecule has 140 valence electrons.